The zero-order valence-electron chi connectivity index (χ0n) is 22.5. The molecule has 2 nitrogen and oxygen atoms in total. The van der Waals surface area contributed by atoms with Crippen LogP contribution in [0, 0.1) is 45.8 Å². The minimum absolute atomic E-state index is 0.306. The molecule has 10 rings (SSSR count). The van der Waals surface area contributed by atoms with Crippen LogP contribution in [0.5, 0.6) is 0 Å². The van der Waals surface area contributed by atoms with Crippen LogP contribution in [0.25, 0.3) is 0 Å². The first-order valence-electron chi connectivity index (χ1n) is 15.2. The summed E-state index contributed by atoms with van der Waals surface area (Å²) in [5.41, 5.74) is 19.4. The van der Waals surface area contributed by atoms with E-state index in [-0.39, 0.29) is 0 Å². The quantitative estimate of drug-likeness (QED) is 0.349. The molecule has 10 atom stereocenters. The summed E-state index contributed by atoms with van der Waals surface area (Å²) in [7, 11) is 0. The van der Waals surface area contributed by atoms with Gasteiger partial charge in [-0.15, -0.1) is 0 Å². The van der Waals surface area contributed by atoms with Crippen molar-refractivity contribution < 1.29 is 0 Å². The van der Waals surface area contributed by atoms with Gasteiger partial charge < -0.3 is 11.5 Å². The van der Waals surface area contributed by atoms with Crippen molar-refractivity contribution in [1.82, 2.24) is 0 Å². The number of halogens is 2. The number of hydrogen-bond donors (Lipinski definition) is 2. The first-order valence-corrected chi connectivity index (χ1v) is 16.4. The molecule has 8 fully saturated rings. The van der Waals surface area contributed by atoms with E-state index in [2.05, 4.69) is 59.3 Å². The predicted molar refractivity (Wildman–Crippen MR) is 159 cm³/mol. The molecule has 10 unspecified atom stereocenters. The highest BCUT2D eigenvalue weighted by Gasteiger charge is 2.83. The zero-order valence-corrected chi connectivity index (χ0v) is 24.9. The minimum Gasteiger partial charge on any atom is -0.398 e. The first-order chi connectivity index (χ1) is 18.1. The van der Waals surface area contributed by atoms with Gasteiger partial charge in [-0.05, 0) is 173 Å². The summed E-state index contributed by atoms with van der Waals surface area (Å²) in [5.74, 6) is 4.74. The Bertz CT molecular complexity index is 1410. The third-order valence-corrected chi connectivity index (χ3v) is 15.1. The number of nitrogen functional groups attached to an aromatic ring is 2. The lowest BCUT2D eigenvalue weighted by molar-refractivity contribution is -0.229. The molecule has 1 spiro atoms. The topological polar surface area (TPSA) is 52.0 Å². The Balaban J connectivity index is 1.05. The minimum atomic E-state index is 0.306. The van der Waals surface area contributed by atoms with Gasteiger partial charge in [-0.3, -0.25) is 0 Å². The highest BCUT2D eigenvalue weighted by Crippen LogP contribution is 2.89. The molecular formula is C34H40BrClN2. The molecule has 0 amide bonds. The van der Waals surface area contributed by atoms with E-state index in [4.69, 9.17) is 23.1 Å². The van der Waals surface area contributed by atoms with Crippen LogP contribution in [0.1, 0.15) is 88.7 Å². The molecule has 8 saturated carbocycles. The SMILES string of the molecule is CC12CC3CC(CC4C5CC6CC7(c8ccc(N)c(Br)c8)CC4C67C5)(C1)CC(c1ccc(N)c(Cl)c1)(C3)C2. The van der Waals surface area contributed by atoms with Gasteiger partial charge in [0.2, 0.25) is 0 Å². The number of anilines is 2. The van der Waals surface area contributed by atoms with Gasteiger partial charge in [-0.2, -0.15) is 0 Å². The van der Waals surface area contributed by atoms with Crippen LogP contribution < -0.4 is 11.5 Å². The van der Waals surface area contributed by atoms with Crippen molar-refractivity contribution in [1.29, 1.82) is 0 Å². The molecule has 0 heterocycles. The van der Waals surface area contributed by atoms with Crippen LogP contribution in [0.4, 0.5) is 11.4 Å². The fraction of sp³-hybridized carbons (Fsp3) is 0.647. The summed E-state index contributed by atoms with van der Waals surface area (Å²) in [4.78, 5) is 0. The summed E-state index contributed by atoms with van der Waals surface area (Å²) in [6.07, 6.45) is 15.8. The maximum atomic E-state index is 6.61. The summed E-state index contributed by atoms with van der Waals surface area (Å²) in [5, 5.41) is 0.751. The van der Waals surface area contributed by atoms with Gasteiger partial charge in [0, 0.05) is 15.6 Å². The second kappa shape index (κ2) is 6.99. The predicted octanol–water partition coefficient (Wildman–Crippen LogP) is 8.89. The van der Waals surface area contributed by atoms with Gasteiger partial charge in [0.25, 0.3) is 0 Å². The summed E-state index contributed by atoms with van der Waals surface area (Å²) in [6.45, 7) is 2.63. The molecule has 2 aromatic rings. The number of rotatable bonds is 4. The lowest BCUT2D eigenvalue weighted by Gasteiger charge is -2.76. The van der Waals surface area contributed by atoms with Crippen molar-refractivity contribution in [3.8, 4) is 0 Å². The van der Waals surface area contributed by atoms with Crippen LogP contribution in [0.3, 0.4) is 0 Å². The van der Waals surface area contributed by atoms with Crippen molar-refractivity contribution in [3.63, 3.8) is 0 Å². The van der Waals surface area contributed by atoms with Crippen molar-refractivity contribution in [2.45, 2.75) is 88.4 Å². The zero-order chi connectivity index (χ0) is 25.9. The van der Waals surface area contributed by atoms with Crippen LogP contribution in [0.2, 0.25) is 5.02 Å². The average Bonchev–Trinajstić information content (AvgIpc) is 3.33. The third kappa shape index (κ3) is 2.64. The Kier molecular flexibility index (Phi) is 4.32. The van der Waals surface area contributed by atoms with E-state index in [0.717, 1.165) is 50.5 Å². The summed E-state index contributed by atoms with van der Waals surface area (Å²) < 4.78 is 1.09. The Morgan fingerprint density at radius 3 is 2.50 bits per heavy atom. The molecule has 4 heteroatoms. The lowest BCUT2D eigenvalue weighted by atomic mass is 9.27. The van der Waals surface area contributed by atoms with Crippen molar-refractivity contribution >= 4 is 38.9 Å². The maximum Gasteiger partial charge on any atom is 0.0638 e. The molecular weight excluding hydrogens is 552 g/mol. The van der Waals surface area contributed by atoms with E-state index in [1.54, 1.807) is 5.56 Å². The standard InChI is InChI=1S/C34H40BrClN2/c1-30-9-19-10-31(16-30,18-32(11-19,17-30)21-2-5-29(38)27(36)8-21)14-24-20-6-23-13-33(15-25(24)34(23,33)12-20)22-3-4-28(37)26(35)7-22/h2-5,7-8,19-20,23-25H,6,9-18,37-38H2,1H3. The second-order valence-electron chi connectivity index (χ2n) is 16.0. The molecule has 0 aliphatic heterocycles. The molecule has 0 saturated heterocycles. The Morgan fingerprint density at radius 1 is 0.895 bits per heavy atom. The first kappa shape index (κ1) is 23.5. The largest absolute Gasteiger partial charge is 0.398 e. The van der Waals surface area contributed by atoms with E-state index in [9.17, 15) is 0 Å². The van der Waals surface area contributed by atoms with Gasteiger partial charge in [-0.1, -0.05) is 30.7 Å². The van der Waals surface area contributed by atoms with Crippen LogP contribution in [-0.2, 0) is 10.8 Å². The Morgan fingerprint density at radius 2 is 1.71 bits per heavy atom. The Labute approximate surface area is 240 Å². The van der Waals surface area contributed by atoms with Crippen LogP contribution >= 0.6 is 27.5 Å². The highest BCUT2D eigenvalue weighted by atomic mass is 79.9. The monoisotopic (exact) mass is 590 g/mol. The molecule has 2 aromatic carbocycles. The molecule has 38 heavy (non-hydrogen) atoms. The molecule has 6 bridgehead atoms. The smallest absolute Gasteiger partial charge is 0.0638 e. The van der Waals surface area contributed by atoms with Crippen molar-refractivity contribution in [2.75, 3.05) is 11.5 Å². The average molecular weight is 592 g/mol. The number of benzene rings is 2. The van der Waals surface area contributed by atoms with E-state index >= 15 is 0 Å². The highest BCUT2D eigenvalue weighted by molar-refractivity contribution is 9.10. The molecule has 4 N–H and O–H groups in total. The summed E-state index contributed by atoms with van der Waals surface area (Å²) >= 11 is 10.4. The molecule has 8 aliphatic carbocycles. The van der Waals surface area contributed by atoms with Crippen LogP contribution in [-0.4, -0.2) is 0 Å². The van der Waals surface area contributed by atoms with Gasteiger partial charge in [0.1, 0.15) is 0 Å². The second-order valence-corrected chi connectivity index (χ2v) is 17.2. The van der Waals surface area contributed by atoms with E-state index in [1.165, 1.54) is 76.2 Å². The fourth-order valence-electron chi connectivity index (χ4n) is 14.0. The third-order valence-electron chi connectivity index (χ3n) is 14.1. The van der Waals surface area contributed by atoms with E-state index in [1.807, 2.05) is 0 Å². The van der Waals surface area contributed by atoms with Crippen LogP contribution in [0.15, 0.2) is 40.9 Å². The summed E-state index contributed by atoms with van der Waals surface area (Å²) in [6, 6.07) is 13.5. The van der Waals surface area contributed by atoms with Gasteiger partial charge in [0.05, 0.1) is 10.7 Å². The fourth-order valence-corrected chi connectivity index (χ4v) is 14.5. The van der Waals surface area contributed by atoms with Gasteiger partial charge in [0.15, 0.2) is 0 Å². The number of hydrogen-bond acceptors (Lipinski definition) is 2. The van der Waals surface area contributed by atoms with Crippen molar-refractivity contribution in [3.05, 3.63) is 57.0 Å². The van der Waals surface area contributed by atoms with E-state index in [0.29, 0.717) is 27.1 Å². The normalized spacial score (nSPS) is 50.6. The molecule has 0 aromatic heterocycles. The van der Waals surface area contributed by atoms with E-state index < -0.39 is 0 Å². The van der Waals surface area contributed by atoms with Crippen molar-refractivity contribution in [2.24, 2.45) is 45.8 Å². The molecule has 8 aliphatic rings. The van der Waals surface area contributed by atoms with Gasteiger partial charge in [-0.25, -0.2) is 0 Å². The Hall–Kier alpha value is -1.19. The molecule has 0 radical (unpaired) electrons. The lowest BCUT2D eigenvalue weighted by Crippen LogP contribution is -2.72. The number of nitrogens with two attached hydrogens (primary N) is 2. The number of fused-ring (bicyclic) bond motifs is 1. The molecule has 200 valence electrons. The maximum absolute atomic E-state index is 6.61. The van der Waals surface area contributed by atoms with Gasteiger partial charge >= 0.3 is 0 Å².